The van der Waals surface area contributed by atoms with Crippen LogP contribution in [0.15, 0.2) is 36.4 Å². The highest BCUT2D eigenvalue weighted by Gasteiger charge is 2.26. The number of nitrogens with zero attached hydrogens (tertiary/aromatic N) is 2. The van der Waals surface area contributed by atoms with Crippen LogP contribution in [0.1, 0.15) is 38.3 Å². The second kappa shape index (κ2) is 7.06. The topological polar surface area (TPSA) is 46.9 Å². The number of hydrogen-bond acceptors (Lipinski definition) is 3. The van der Waals surface area contributed by atoms with E-state index in [1.54, 1.807) is 4.68 Å². The first-order chi connectivity index (χ1) is 12.9. The Hall–Kier alpha value is -2.24. The normalized spacial score (nSPS) is 12.9. The van der Waals surface area contributed by atoms with Crippen molar-refractivity contribution in [2.75, 3.05) is 5.32 Å². The predicted octanol–water partition coefficient (Wildman–Crippen LogP) is 5.45. The van der Waals surface area contributed by atoms with Crippen molar-refractivity contribution in [2.45, 2.75) is 32.3 Å². The molecule has 0 atom stereocenters. The van der Waals surface area contributed by atoms with Crippen molar-refractivity contribution in [3.05, 3.63) is 74.9 Å². The maximum Gasteiger partial charge on any atom is 0.257 e. The molecule has 0 spiro atoms. The molecule has 1 aliphatic rings. The average Bonchev–Trinajstić information content (AvgIpc) is 3.16. The zero-order chi connectivity index (χ0) is 19.1. The number of nitrogens with one attached hydrogen (secondary N) is 1. The number of fused-ring (bicyclic) bond motifs is 1. The smallest absolute Gasteiger partial charge is 0.257 e. The van der Waals surface area contributed by atoms with Crippen molar-refractivity contribution in [3.8, 4) is 5.69 Å². The van der Waals surface area contributed by atoms with Gasteiger partial charge in [0.25, 0.3) is 5.91 Å². The van der Waals surface area contributed by atoms with E-state index >= 15 is 0 Å². The van der Waals surface area contributed by atoms with Gasteiger partial charge in [-0.3, -0.25) is 4.79 Å². The lowest BCUT2D eigenvalue weighted by Gasteiger charge is -2.14. The molecule has 0 saturated heterocycles. The molecular formula is C21H20ClN3OS. The Morgan fingerprint density at radius 1 is 1.15 bits per heavy atom. The number of halogens is 1. The van der Waals surface area contributed by atoms with E-state index in [0.717, 1.165) is 56.5 Å². The molecule has 0 unspecified atom stereocenters. The molecule has 0 bridgehead atoms. The lowest BCUT2D eigenvalue weighted by atomic mass is 9.99. The van der Waals surface area contributed by atoms with Crippen molar-refractivity contribution >= 4 is 35.1 Å². The van der Waals surface area contributed by atoms with Gasteiger partial charge in [-0.25, -0.2) is 4.68 Å². The van der Waals surface area contributed by atoms with Crippen LogP contribution in [0.5, 0.6) is 0 Å². The molecule has 1 aromatic heterocycles. The summed E-state index contributed by atoms with van der Waals surface area (Å²) in [6, 6.07) is 11.6. The summed E-state index contributed by atoms with van der Waals surface area (Å²) in [4.78, 5) is 13.1. The molecule has 0 radical (unpaired) electrons. The summed E-state index contributed by atoms with van der Waals surface area (Å²) in [7, 11) is 0. The first kappa shape index (κ1) is 18.1. The number of aromatic nitrogens is 2. The molecule has 138 valence electrons. The number of thioether (sulfide) groups is 1. The third kappa shape index (κ3) is 3.37. The van der Waals surface area contributed by atoms with Crippen molar-refractivity contribution < 1.29 is 4.79 Å². The summed E-state index contributed by atoms with van der Waals surface area (Å²) in [5, 5.41) is 8.50. The number of carbonyl (C=O) groups is 1. The van der Waals surface area contributed by atoms with Crippen LogP contribution in [-0.2, 0) is 11.5 Å². The zero-order valence-electron chi connectivity index (χ0n) is 15.5. The molecule has 1 N–H and O–H groups in total. The maximum atomic E-state index is 13.1. The molecule has 0 aliphatic carbocycles. The van der Waals surface area contributed by atoms with Crippen LogP contribution < -0.4 is 5.32 Å². The average molecular weight is 398 g/mol. The lowest BCUT2D eigenvalue weighted by molar-refractivity contribution is 0.102. The lowest BCUT2D eigenvalue weighted by Crippen LogP contribution is -2.18. The molecule has 1 amide bonds. The molecular weight excluding hydrogens is 378 g/mol. The van der Waals surface area contributed by atoms with E-state index < -0.39 is 0 Å². The number of amides is 1. The van der Waals surface area contributed by atoms with Gasteiger partial charge in [-0.2, -0.15) is 16.9 Å². The van der Waals surface area contributed by atoms with Gasteiger partial charge >= 0.3 is 0 Å². The summed E-state index contributed by atoms with van der Waals surface area (Å²) in [5.41, 5.74) is 6.79. The van der Waals surface area contributed by atoms with Crippen molar-refractivity contribution in [1.82, 2.24) is 9.78 Å². The van der Waals surface area contributed by atoms with E-state index in [9.17, 15) is 4.79 Å². The number of hydrogen-bond donors (Lipinski definition) is 1. The van der Waals surface area contributed by atoms with E-state index in [2.05, 4.69) is 5.32 Å². The van der Waals surface area contributed by atoms with Gasteiger partial charge in [0.2, 0.25) is 0 Å². The second-order valence-corrected chi connectivity index (χ2v) is 8.31. The van der Waals surface area contributed by atoms with Gasteiger partial charge in [-0.15, -0.1) is 0 Å². The quantitative estimate of drug-likeness (QED) is 0.639. The molecule has 3 aromatic rings. The molecule has 27 heavy (non-hydrogen) atoms. The molecule has 4 rings (SSSR count). The van der Waals surface area contributed by atoms with Gasteiger partial charge in [0.05, 0.1) is 11.4 Å². The Kier molecular flexibility index (Phi) is 4.74. The minimum atomic E-state index is -0.104. The fraction of sp³-hybridized carbons (Fsp3) is 0.238. The second-order valence-electron chi connectivity index (χ2n) is 6.89. The number of anilines is 1. The van der Waals surface area contributed by atoms with Crippen molar-refractivity contribution in [2.24, 2.45) is 0 Å². The fourth-order valence-corrected chi connectivity index (χ4v) is 4.86. The van der Waals surface area contributed by atoms with Crippen LogP contribution in [0, 0.1) is 20.8 Å². The van der Waals surface area contributed by atoms with E-state index in [4.69, 9.17) is 16.7 Å². The third-order valence-corrected chi connectivity index (χ3v) is 5.95. The largest absolute Gasteiger partial charge is 0.306 e. The molecule has 2 aromatic carbocycles. The number of carbonyl (C=O) groups excluding carboxylic acids is 1. The molecule has 4 nitrogen and oxygen atoms in total. The molecule has 6 heteroatoms. The highest BCUT2D eigenvalue weighted by Crippen LogP contribution is 2.36. The minimum absolute atomic E-state index is 0.104. The summed E-state index contributed by atoms with van der Waals surface area (Å²) in [6.07, 6.45) is 0. The number of rotatable bonds is 3. The summed E-state index contributed by atoms with van der Waals surface area (Å²) < 4.78 is 1.80. The third-order valence-electron chi connectivity index (χ3n) is 4.74. The standard InChI is InChI=1S/C21H20ClN3OS/c1-12-7-13(2)19(14(3)8-12)21(26)23-20-17-10-27-11-18(17)24-25(20)16-6-4-5-15(22)9-16/h4-9H,10-11H2,1-3H3,(H,23,26). The molecule has 0 fully saturated rings. The van der Waals surface area contributed by atoms with Crippen molar-refractivity contribution in [3.63, 3.8) is 0 Å². The Balaban J connectivity index is 1.77. The summed E-state index contributed by atoms with van der Waals surface area (Å²) in [5.74, 6) is 2.33. The molecule has 2 heterocycles. The number of benzene rings is 2. The van der Waals surface area contributed by atoms with Crippen LogP contribution in [0.2, 0.25) is 5.02 Å². The van der Waals surface area contributed by atoms with Gasteiger partial charge in [0, 0.05) is 27.7 Å². The van der Waals surface area contributed by atoms with Crippen LogP contribution in [0.25, 0.3) is 5.69 Å². The first-order valence-corrected chi connectivity index (χ1v) is 10.3. The van der Waals surface area contributed by atoms with Gasteiger partial charge < -0.3 is 5.32 Å². The summed E-state index contributed by atoms with van der Waals surface area (Å²) >= 11 is 7.98. The highest BCUT2D eigenvalue weighted by atomic mass is 35.5. The Morgan fingerprint density at radius 3 is 2.59 bits per heavy atom. The van der Waals surface area contributed by atoms with Gasteiger partial charge in [0.1, 0.15) is 5.82 Å². The SMILES string of the molecule is Cc1cc(C)c(C(=O)Nc2c3c(nn2-c2cccc(Cl)c2)CSC3)c(C)c1. The minimum Gasteiger partial charge on any atom is -0.306 e. The first-order valence-electron chi connectivity index (χ1n) is 8.77. The van der Waals surface area contributed by atoms with E-state index in [-0.39, 0.29) is 5.91 Å². The predicted molar refractivity (Wildman–Crippen MR) is 112 cm³/mol. The van der Waals surface area contributed by atoms with E-state index in [0.29, 0.717) is 5.02 Å². The highest BCUT2D eigenvalue weighted by molar-refractivity contribution is 7.98. The Morgan fingerprint density at radius 2 is 1.89 bits per heavy atom. The van der Waals surface area contributed by atoms with Crippen LogP contribution >= 0.6 is 23.4 Å². The fourth-order valence-electron chi connectivity index (χ4n) is 3.64. The Labute approximate surface area is 167 Å². The monoisotopic (exact) mass is 397 g/mol. The van der Waals surface area contributed by atoms with Gasteiger partial charge in [-0.05, 0) is 50.1 Å². The Bertz CT molecular complexity index is 1030. The van der Waals surface area contributed by atoms with Gasteiger partial charge in [0.15, 0.2) is 0 Å². The van der Waals surface area contributed by atoms with Gasteiger partial charge in [-0.1, -0.05) is 35.4 Å². The summed E-state index contributed by atoms with van der Waals surface area (Å²) in [6.45, 7) is 5.99. The van der Waals surface area contributed by atoms with Crippen molar-refractivity contribution in [1.29, 1.82) is 0 Å². The van der Waals surface area contributed by atoms with Crippen LogP contribution in [-0.4, -0.2) is 15.7 Å². The van der Waals surface area contributed by atoms with E-state index in [1.165, 1.54) is 0 Å². The number of aryl methyl sites for hydroxylation is 3. The van der Waals surface area contributed by atoms with E-state index in [1.807, 2.05) is 68.9 Å². The molecule has 0 saturated carbocycles. The molecule has 1 aliphatic heterocycles. The van der Waals surface area contributed by atoms with Crippen LogP contribution in [0.4, 0.5) is 5.82 Å². The van der Waals surface area contributed by atoms with Crippen LogP contribution in [0.3, 0.4) is 0 Å². The zero-order valence-corrected chi connectivity index (χ0v) is 17.0. The maximum absolute atomic E-state index is 13.1.